The molecule has 2 N–H and O–H groups in total. The standard InChI is InChI=1S/C12H19BN2O4/c1-12(2,3)19-11(16)10-9(15(4)5)6-8(7-14-10)13(17)18/h6-7,17-18H,1-5H3. The van der Waals surface area contributed by atoms with Crippen LogP contribution in [0.1, 0.15) is 31.3 Å². The molecule has 0 unspecified atom stereocenters. The Morgan fingerprint density at radius 3 is 2.37 bits per heavy atom. The summed E-state index contributed by atoms with van der Waals surface area (Å²) in [6.07, 6.45) is 1.25. The summed E-state index contributed by atoms with van der Waals surface area (Å²) >= 11 is 0. The van der Waals surface area contributed by atoms with Crippen LogP contribution in [0.3, 0.4) is 0 Å². The molecule has 7 heteroatoms. The van der Waals surface area contributed by atoms with E-state index < -0.39 is 18.7 Å². The fourth-order valence-corrected chi connectivity index (χ4v) is 1.43. The zero-order valence-electron chi connectivity index (χ0n) is 11.8. The second-order valence-corrected chi connectivity index (χ2v) is 5.41. The number of anilines is 1. The van der Waals surface area contributed by atoms with Gasteiger partial charge in [0.1, 0.15) is 5.60 Å². The minimum absolute atomic E-state index is 0.143. The van der Waals surface area contributed by atoms with Crippen LogP contribution in [0.15, 0.2) is 12.3 Å². The normalized spacial score (nSPS) is 11.1. The van der Waals surface area contributed by atoms with Gasteiger partial charge in [-0.2, -0.15) is 0 Å². The fraction of sp³-hybridized carbons (Fsp3) is 0.500. The molecule has 0 amide bonds. The first-order valence-electron chi connectivity index (χ1n) is 5.88. The second-order valence-electron chi connectivity index (χ2n) is 5.41. The molecule has 0 aromatic carbocycles. The second kappa shape index (κ2) is 5.58. The molecule has 1 rings (SSSR count). The molecule has 0 aliphatic carbocycles. The third kappa shape index (κ3) is 4.22. The van der Waals surface area contributed by atoms with Gasteiger partial charge in [-0.3, -0.25) is 0 Å². The van der Waals surface area contributed by atoms with Crippen molar-refractivity contribution in [3.63, 3.8) is 0 Å². The van der Waals surface area contributed by atoms with Gasteiger partial charge in [0.15, 0.2) is 5.69 Å². The molecular weight excluding hydrogens is 247 g/mol. The van der Waals surface area contributed by atoms with Gasteiger partial charge in [-0.05, 0) is 26.8 Å². The molecule has 0 atom stereocenters. The molecule has 104 valence electrons. The summed E-state index contributed by atoms with van der Waals surface area (Å²) in [4.78, 5) is 17.7. The van der Waals surface area contributed by atoms with Gasteiger partial charge in [-0.15, -0.1) is 0 Å². The minimum Gasteiger partial charge on any atom is -0.455 e. The van der Waals surface area contributed by atoms with Crippen LogP contribution in [-0.4, -0.2) is 47.8 Å². The van der Waals surface area contributed by atoms with Crippen molar-refractivity contribution in [2.75, 3.05) is 19.0 Å². The van der Waals surface area contributed by atoms with Crippen molar-refractivity contribution >= 4 is 24.2 Å². The number of aromatic nitrogens is 1. The largest absolute Gasteiger partial charge is 0.490 e. The summed E-state index contributed by atoms with van der Waals surface area (Å²) in [5.74, 6) is -0.546. The predicted octanol–water partition coefficient (Wildman–Crippen LogP) is -0.217. The van der Waals surface area contributed by atoms with Crippen LogP contribution in [0.5, 0.6) is 0 Å². The molecule has 0 saturated heterocycles. The lowest BCUT2D eigenvalue weighted by atomic mass is 9.81. The first kappa shape index (κ1) is 15.5. The van der Waals surface area contributed by atoms with E-state index in [0.717, 1.165) is 0 Å². The average molecular weight is 266 g/mol. The van der Waals surface area contributed by atoms with E-state index in [2.05, 4.69) is 4.98 Å². The predicted molar refractivity (Wildman–Crippen MR) is 73.6 cm³/mol. The van der Waals surface area contributed by atoms with Gasteiger partial charge in [-0.25, -0.2) is 9.78 Å². The van der Waals surface area contributed by atoms with E-state index in [-0.39, 0.29) is 11.2 Å². The number of nitrogens with zero attached hydrogens (tertiary/aromatic N) is 2. The van der Waals surface area contributed by atoms with E-state index in [9.17, 15) is 4.79 Å². The monoisotopic (exact) mass is 266 g/mol. The Morgan fingerprint density at radius 1 is 1.37 bits per heavy atom. The number of pyridine rings is 1. The first-order chi connectivity index (χ1) is 8.61. The van der Waals surface area contributed by atoms with Gasteiger partial charge >= 0.3 is 13.1 Å². The molecule has 0 aliphatic rings. The number of hydrogen-bond donors (Lipinski definition) is 2. The van der Waals surface area contributed by atoms with Crippen molar-refractivity contribution in [1.82, 2.24) is 4.98 Å². The molecule has 6 nitrogen and oxygen atoms in total. The maximum absolute atomic E-state index is 12.0. The summed E-state index contributed by atoms with van der Waals surface area (Å²) in [6, 6.07) is 1.50. The molecule has 1 aromatic heterocycles. The number of rotatable bonds is 3. The van der Waals surface area contributed by atoms with E-state index in [1.807, 2.05) is 0 Å². The Morgan fingerprint density at radius 2 is 1.95 bits per heavy atom. The molecule has 0 spiro atoms. The van der Waals surface area contributed by atoms with Gasteiger partial charge < -0.3 is 19.7 Å². The number of hydrogen-bond acceptors (Lipinski definition) is 6. The molecular formula is C12H19BN2O4. The van der Waals surface area contributed by atoms with Gasteiger partial charge in [0.2, 0.25) is 0 Å². The van der Waals surface area contributed by atoms with Gasteiger partial charge in [0.25, 0.3) is 0 Å². The Labute approximate surface area is 113 Å². The minimum atomic E-state index is -1.63. The first-order valence-corrected chi connectivity index (χ1v) is 5.88. The number of ether oxygens (including phenoxy) is 1. The van der Waals surface area contributed by atoms with Crippen molar-refractivity contribution in [3.05, 3.63) is 18.0 Å². The summed E-state index contributed by atoms with van der Waals surface area (Å²) in [5, 5.41) is 18.3. The summed E-state index contributed by atoms with van der Waals surface area (Å²) in [5.41, 5.74) is 0.220. The van der Waals surface area contributed by atoms with Crippen molar-refractivity contribution in [2.24, 2.45) is 0 Å². The lowest BCUT2D eigenvalue weighted by molar-refractivity contribution is 0.00637. The molecule has 0 fully saturated rings. The number of esters is 1. The Bertz CT molecular complexity index is 469. The van der Waals surface area contributed by atoms with Crippen LogP contribution < -0.4 is 10.4 Å². The van der Waals surface area contributed by atoms with Crippen LogP contribution in [-0.2, 0) is 4.74 Å². The Balaban J connectivity index is 3.17. The van der Waals surface area contributed by atoms with Crippen LogP contribution in [0.25, 0.3) is 0 Å². The van der Waals surface area contributed by atoms with Crippen molar-refractivity contribution < 1.29 is 19.6 Å². The molecule has 0 radical (unpaired) electrons. The third-order valence-electron chi connectivity index (χ3n) is 2.26. The molecule has 19 heavy (non-hydrogen) atoms. The van der Waals surface area contributed by atoms with Gasteiger partial charge in [0.05, 0.1) is 5.69 Å². The van der Waals surface area contributed by atoms with Crippen molar-refractivity contribution in [1.29, 1.82) is 0 Å². The highest BCUT2D eigenvalue weighted by molar-refractivity contribution is 6.58. The number of carbonyl (C=O) groups is 1. The van der Waals surface area contributed by atoms with Crippen molar-refractivity contribution in [3.8, 4) is 0 Å². The van der Waals surface area contributed by atoms with Crippen LogP contribution in [0.4, 0.5) is 5.69 Å². The summed E-state index contributed by atoms with van der Waals surface area (Å²) in [6.45, 7) is 5.31. The van der Waals surface area contributed by atoms with Crippen LogP contribution in [0.2, 0.25) is 0 Å². The van der Waals surface area contributed by atoms with Gasteiger partial charge in [-0.1, -0.05) is 0 Å². The van der Waals surface area contributed by atoms with Gasteiger partial charge in [0, 0.05) is 25.8 Å². The van der Waals surface area contributed by atoms with Crippen LogP contribution in [0, 0.1) is 0 Å². The smallest absolute Gasteiger partial charge is 0.455 e. The highest BCUT2D eigenvalue weighted by atomic mass is 16.6. The highest BCUT2D eigenvalue weighted by Gasteiger charge is 2.24. The Hall–Kier alpha value is -1.60. The SMILES string of the molecule is CN(C)c1cc(B(O)O)cnc1C(=O)OC(C)(C)C. The van der Waals surface area contributed by atoms with E-state index in [1.165, 1.54) is 12.3 Å². The van der Waals surface area contributed by atoms with Crippen LogP contribution >= 0.6 is 0 Å². The lowest BCUT2D eigenvalue weighted by Gasteiger charge is -2.22. The van der Waals surface area contributed by atoms with E-state index >= 15 is 0 Å². The quantitative estimate of drug-likeness (QED) is 0.581. The van der Waals surface area contributed by atoms with Crippen molar-refractivity contribution in [2.45, 2.75) is 26.4 Å². The highest BCUT2D eigenvalue weighted by Crippen LogP contribution is 2.18. The number of carbonyl (C=O) groups excluding carboxylic acids is 1. The molecule has 0 saturated carbocycles. The summed E-state index contributed by atoms with van der Waals surface area (Å²) in [7, 11) is 1.84. The van der Waals surface area contributed by atoms with E-state index in [0.29, 0.717) is 5.69 Å². The third-order valence-corrected chi connectivity index (χ3v) is 2.26. The summed E-state index contributed by atoms with van der Waals surface area (Å²) < 4.78 is 5.26. The maximum Gasteiger partial charge on any atom is 0.490 e. The zero-order chi connectivity index (χ0) is 14.8. The zero-order valence-corrected chi connectivity index (χ0v) is 11.8. The Kier molecular flexibility index (Phi) is 4.54. The topological polar surface area (TPSA) is 82.9 Å². The lowest BCUT2D eigenvalue weighted by Crippen LogP contribution is -2.33. The fourth-order valence-electron chi connectivity index (χ4n) is 1.43. The average Bonchev–Trinajstić information content (AvgIpc) is 2.25. The molecule has 1 aromatic rings. The van der Waals surface area contributed by atoms with E-state index in [4.69, 9.17) is 14.8 Å². The molecule has 1 heterocycles. The maximum atomic E-state index is 12.0. The molecule has 0 bridgehead atoms. The molecule has 0 aliphatic heterocycles. The van der Waals surface area contributed by atoms with E-state index in [1.54, 1.807) is 39.8 Å².